The molecule has 18 heavy (non-hydrogen) atoms. The predicted octanol–water partition coefficient (Wildman–Crippen LogP) is 0.883. The number of rotatable bonds is 6. The Morgan fingerprint density at radius 1 is 1.39 bits per heavy atom. The quantitative estimate of drug-likeness (QED) is 0.668. The van der Waals surface area contributed by atoms with Crippen molar-refractivity contribution in [2.24, 2.45) is 11.7 Å². The van der Waals surface area contributed by atoms with Crippen LogP contribution in [0.25, 0.3) is 0 Å². The molecule has 4 N–H and O–H groups in total. The van der Waals surface area contributed by atoms with Gasteiger partial charge in [0.15, 0.2) is 5.54 Å². The van der Waals surface area contributed by atoms with Crippen molar-refractivity contribution in [1.82, 2.24) is 5.32 Å². The van der Waals surface area contributed by atoms with Crippen molar-refractivity contribution in [1.29, 1.82) is 0 Å². The lowest BCUT2D eigenvalue weighted by atomic mass is 10.0. The highest BCUT2D eigenvalue weighted by Gasteiger charge is 2.53. The monoisotopic (exact) mass is 270 g/mol. The number of hydrogen-bond donors (Lipinski definition) is 3. The normalized spacial score (nSPS) is 16.8. The lowest BCUT2D eigenvalue weighted by Crippen LogP contribution is -2.61. The van der Waals surface area contributed by atoms with E-state index in [9.17, 15) is 22.8 Å². The second kappa shape index (κ2) is 6.03. The van der Waals surface area contributed by atoms with E-state index in [1.54, 1.807) is 6.92 Å². The molecule has 2 unspecified atom stereocenters. The fourth-order valence-electron chi connectivity index (χ4n) is 1.19. The van der Waals surface area contributed by atoms with E-state index in [-0.39, 0.29) is 13.0 Å². The van der Waals surface area contributed by atoms with Gasteiger partial charge in [-0.2, -0.15) is 13.2 Å². The Balaban J connectivity index is 4.54. The van der Waals surface area contributed by atoms with Crippen LogP contribution in [0, 0.1) is 5.92 Å². The van der Waals surface area contributed by atoms with Crippen molar-refractivity contribution in [3.8, 4) is 0 Å². The first-order valence-corrected chi connectivity index (χ1v) is 5.40. The Hall–Kier alpha value is -1.31. The lowest BCUT2D eigenvalue weighted by molar-refractivity contribution is -0.187. The number of carboxylic acid groups (broad SMARTS) is 1. The summed E-state index contributed by atoms with van der Waals surface area (Å²) in [6, 6.07) is 0. The van der Waals surface area contributed by atoms with E-state index in [0.717, 1.165) is 0 Å². The average Bonchev–Trinajstić information content (AvgIpc) is 2.21. The van der Waals surface area contributed by atoms with Gasteiger partial charge in [0.2, 0.25) is 5.91 Å². The molecule has 0 bridgehead atoms. The van der Waals surface area contributed by atoms with Gasteiger partial charge in [0.05, 0.1) is 5.92 Å². The first-order valence-electron chi connectivity index (χ1n) is 5.40. The molecule has 0 aliphatic heterocycles. The zero-order valence-electron chi connectivity index (χ0n) is 10.2. The van der Waals surface area contributed by atoms with Gasteiger partial charge in [-0.25, -0.2) is 0 Å². The topological polar surface area (TPSA) is 92.4 Å². The van der Waals surface area contributed by atoms with Crippen LogP contribution in [0.5, 0.6) is 0 Å². The largest absolute Gasteiger partial charge is 0.481 e. The second-order valence-electron chi connectivity index (χ2n) is 4.23. The summed E-state index contributed by atoms with van der Waals surface area (Å²) in [6.45, 7) is 1.91. The van der Waals surface area contributed by atoms with E-state index in [1.165, 1.54) is 0 Å². The molecule has 0 rings (SSSR count). The number of hydrogen-bond acceptors (Lipinski definition) is 3. The van der Waals surface area contributed by atoms with Crippen LogP contribution in [-0.4, -0.2) is 35.2 Å². The molecule has 0 aliphatic carbocycles. The van der Waals surface area contributed by atoms with E-state index in [2.05, 4.69) is 0 Å². The molecule has 0 radical (unpaired) electrons. The van der Waals surface area contributed by atoms with Gasteiger partial charge in [0.25, 0.3) is 0 Å². The van der Waals surface area contributed by atoms with E-state index >= 15 is 0 Å². The second-order valence-corrected chi connectivity index (χ2v) is 4.23. The zero-order valence-corrected chi connectivity index (χ0v) is 10.2. The molecular weight excluding hydrogens is 253 g/mol. The van der Waals surface area contributed by atoms with Gasteiger partial charge in [-0.15, -0.1) is 0 Å². The van der Waals surface area contributed by atoms with Crippen molar-refractivity contribution >= 4 is 11.9 Å². The molecule has 0 heterocycles. The number of carboxylic acids is 1. The number of carbonyl (C=O) groups excluding carboxylic acids is 1. The molecule has 0 aromatic heterocycles. The third kappa shape index (κ3) is 4.17. The third-order valence-corrected chi connectivity index (χ3v) is 2.56. The van der Waals surface area contributed by atoms with Gasteiger partial charge < -0.3 is 16.2 Å². The number of alkyl halides is 3. The number of amides is 1. The fraction of sp³-hybridized carbons (Fsp3) is 0.800. The van der Waals surface area contributed by atoms with E-state index in [4.69, 9.17) is 10.8 Å². The SMILES string of the molecule is CCCC(CNC(=O)C(C)(N)C(F)(F)F)C(=O)O. The minimum Gasteiger partial charge on any atom is -0.481 e. The fourth-order valence-corrected chi connectivity index (χ4v) is 1.19. The molecule has 0 aliphatic rings. The third-order valence-electron chi connectivity index (χ3n) is 2.56. The van der Waals surface area contributed by atoms with Crippen molar-refractivity contribution < 1.29 is 27.9 Å². The van der Waals surface area contributed by atoms with Gasteiger partial charge >= 0.3 is 12.1 Å². The Labute approximate surface area is 103 Å². The zero-order chi connectivity index (χ0) is 14.6. The van der Waals surface area contributed by atoms with Crippen LogP contribution in [0.1, 0.15) is 26.7 Å². The van der Waals surface area contributed by atoms with E-state index in [0.29, 0.717) is 13.3 Å². The molecule has 2 atom stereocenters. The van der Waals surface area contributed by atoms with Crippen LogP contribution in [0.3, 0.4) is 0 Å². The molecule has 0 aromatic carbocycles. The molecule has 1 amide bonds. The maximum atomic E-state index is 12.4. The molecule has 106 valence electrons. The Morgan fingerprint density at radius 3 is 2.22 bits per heavy atom. The van der Waals surface area contributed by atoms with Gasteiger partial charge in [0.1, 0.15) is 0 Å². The van der Waals surface area contributed by atoms with E-state index < -0.39 is 29.5 Å². The van der Waals surface area contributed by atoms with Crippen LogP contribution < -0.4 is 11.1 Å². The van der Waals surface area contributed by atoms with Crippen LogP contribution in [0.15, 0.2) is 0 Å². The summed E-state index contributed by atoms with van der Waals surface area (Å²) >= 11 is 0. The number of aliphatic carboxylic acids is 1. The predicted molar refractivity (Wildman–Crippen MR) is 57.7 cm³/mol. The van der Waals surface area contributed by atoms with Crippen molar-refractivity contribution in [3.05, 3.63) is 0 Å². The highest BCUT2D eigenvalue weighted by atomic mass is 19.4. The summed E-state index contributed by atoms with van der Waals surface area (Å²) < 4.78 is 37.2. The smallest absolute Gasteiger partial charge is 0.415 e. The van der Waals surface area contributed by atoms with E-state index in [1.807, 2.05) is 5.32 Å². The van der Waals surface area contributed by atoms with Crippen LogP contribution in [-0.2, 0) is 9.59 Å². The summed E-state index contributed by atoms with van der Waals surface area (Å²) in [7, 11) is 0. The van der Waals surface area contributed by atoms with Gasteiger partial charge in [0, 0.05) is 6.54 Å². The Morgan fingerprint density at radius 2 is 1.89 bits per heavy atom. The lowest BCUT2D eigenvalue weighted by Gasteiger charge is -2.26. The van der Waals surface area contributed by atoms with Gasteiger partial charge in [-0.1, -0.05) is 13.3 Å². The first kappa shape index (κ1) is 16.7. The molecule has 5 nitrogen and oxygen atoms in total. The summed E-state index contributed by atoms with van der Waals surface area (Å²) in [5.74, 6) is -3.51. The van der Waals surface area contributed by atoms with Crippen molar-refractivity contribution in [2.75, 3.05) is 6.54 Å². The van der Waals surface area contributed by atoms with Crippen LogP contribution in [0.2, 0.25) is 0 Å². The molecule has 0 saturated heterocycles. The highest BCUT2D eigenvalue weighted by Crippen LogP contribution is 2.27. The van der Waals surface area contributed by atoms with Gasteiger partial charge in [-0.3, -0.25) is 9.59 Å². The van der Waals surface area contributed by atoms with Crippen LogP contribution in [0.4, 0.5) is 13.2 Å². The van der Waals surface area contributed by atoms with Gasteiger partial charge in [-0.05, 0) is 13.3 Å². The standard InChI is InChI=1S/C10H17F3N2O3/c1-3-4-6(7(16)17)5-15-8(18)9(2,14)10(11,12)13/h6H,3-5,14H2,1-2H3,(H,15,18)(H,16,17). The highest BCUT2D eigenvalue weighted by molar-refractivity contribution is 5.87. The maximum absolute atomic E-state index is 12.4. The molecule has 0 saturated carbocycles. The summed E-state index contributed by atoms with van der Waals surface area (Å²) in [5, 5.41) is 10.7. The number of nitrogens with two attached hydrogens (primary N) is 1. The molecule has 8 heteroatoms. The summed E-state index contributed by atoms with van der Waals surface area (Å²) in [6.07, 6.45) is -4.07. The summed E-state index contributed by atoms with van der Waals surface area (Å²) in [4.78, 5) is 22.0. The first-order chi connectivity index (χ1) is 8.04. The van der Waals surface area contributed by atoms with Crippen molar-refractivity contribution in [3.63, 3.8) is 0 Å². The van der Waals surface area contributed by atoms with Crippen molar-refractivity contribution in [2.45, 2.75) is 38.4 Å². The molecular formula is C10H17F3N2O3. The summed E-state index contributed by atoms with van der Waals surface area (Å²) in [5.41, 5.74) is 1.86. The molecule has 0 aromatic rings. The van der Waals surface area contributed by atoms with Crippen LogP contribution >= 0.6 is 0 Å². The Bertz CT molecular complexity index is 316. The molecule has 0 fully saturated rings. The number of carbonyl (C=O) groups is 2. The minimum absolute atomic E-state index is 0.267. The average molecular weight is 270 g/mol. The minimum atomic E-state index is -4.89. The number of nitrogens with one attached hydrogen (secondary N) is 1. The Kier molecular flexibility index (Phi) is 5.59. The number of halogens is 3. The molecule has 0 spiro atoms. The maximum Gasteiger partial charge on any atom is 0.415 e.